The zero-order valence-corrected chi connectivity index (χ0v) is 35.7. The number of carbonyl (C=O) groups is 4. The summed E-state index contributed by atoms with van der Waals surface area (Å²) in [7, 11) is 4.60. The van der Waals surface area contributed by atoms with E-state index in [1.165, 1.54) is 7.11 Å². The molecule has 3 aromatic rings. The summed E-state index contributed by atoms with van der Waals surface area (Å²) in [4.78, 5) is 56.1. The number of aliphatic hydroxyl groups excluding tert-OH is 2. The first-order valence-corrected chi connectivity index (χ1v) is 22.4. The fourth-order valence-corrected chi connectivity index (χ4v) is 8.56. The second-order valence-electron chi connectivity index (χ2n) is 14.3. The quantitative estimate of drug-likeness (QED) is 0.0261. The van der Waals surface area contributed by atoms with Crippen LogP contribution in [0.15, 0.2) is 108 Å². The highest BCUT2D eigenvalue weighted by atomic mass is 33.1. The van der Waals surface area contributed by atoms with Crippen molar-refractivity contribution >= 4 is 81.2 Å². The maximum atomic E-state index is 12.5. The Morgan fingerprint density at radius 1 is 0.803 bits per heavy atom. The number of aliphatic imine (C=N–C) groups is 1. The zero-order valence-electron chi connectivity index (χ0n) is 34.0. The van der Waals surface area contributed by atoms with E-state index in [4.69, 9.17) is 4.74 Å². The number of carboxylic acids is 1. The maximum absolute atomic E-state index is 12.5. The molecule has 0 bridgehead atoms. The van der Waals surface area contributed by atoms with Crippen molar-refractivity contribution in [3.05, 3.63) is 120 Å². The number of nitrogens with one attached hydrogen (secondary N) is 2. The maximum Gasteiger partial charge on any atom is 0.328 e. The molecule has 0 radical (unpaired) electrons. The van der Waals surface area contributed by atoms with Gasteiger partial charge in [0.1, 0.15) is 18.6 Å². The number of esters is 1. The van der Waals surface area contributed by atoms with Crippen molar-refractivity contribution in [3.63, 3.8) is 0 Å². The van der Waals surface area contributed by atoms with Crippen LogP contribution in [0.2, 0.25) is 0 Å². The number of hydrogen-bond acceptors (Lipinski definition) is 12. The molecule has 4 atom stereocenters. The summed E-state index contributed by atoms with van der Waals surface area (Å²) in [6.07, 6.45) is 15.8. The molecule has 322 valence electrons. The van der Waals surface area contributed by atoms with Crippen LogP contribution in [-0.2, 0) is 30.5 Å². The van der Waals surface area contributed by atoms with Crippen LogP contribution in [0.1, 0.15) is 29.5 Å². The van der Waals surface area contributed by atoms with Crippen molar-refractivity contribution in [1.29, 1.82) is 0 Å². The molecule has 1 aromatic heterocycles. The number of aromatic nitrogens is 1. The molecule has 2 amide bonds. The van der Waals surface area contributed by atoms with E-state index >= 15 is 0 Å². The first-order valence-electron chi connectivity index (χ1n) is 19.9. The lowest BCUT2D eigenvalue weighted by Gasteiger charge is -2.24. The Kier molecular flexibility index (Phi) is 18.2. The number of ether oxygens (including phenoxy) is 1. The molecule has 2 aliphatic heterocycles. The van der Waals surface area contributed by atoms with E-state index in [0.717, 1.165) is 39.4 Å². The average molecular weight is 870 g/mol. The van der Waals surface area contributed by atoms with Gasteiger partial charge in [-0.2, -0.15) is 4.57 Å². The van der Waals surface area contributed by atoms with Gasteiger partial charge >= 0.3 is 11.9 Å². The molecule has 16 heteroatoms. The topological polar surface area (TPSA) is 185 Å². The Balaban J connectivity index is 0.904. The van der Waals surface area contributed by atoms with E-state index in [9.17, 15) is 34.5 Å². The number of methoxy groups -OCH3 is 1. The van der Waals surface area contributed by atoms with Gasteiger partial charge in [0.25, 0.3) is 5.91 Å². The molecule has 3 heterocycles. The summed E-state index contributed by atoms with van der Waals surface area (Å²) < 4.78 is 6.72. The van der Waals surface area contributed by atoms with Crippen LogP contribution >= 0.6 is 21.6 Å². The van der Waals surface area contributed by atoms with E-state index in [1.807, 2.05) is 107 Å². The summed E-state index contributed by atoms with van der Waals surface area (Å²) in [5.41, 5.74) is 5.26. The number of nitrogens with zero attached hydrogens (tertiary/aromatic N) is 4. The number of rotatable bonds is 21. The van der Waals surface area contributed by atoms with Crippen LogP contribution < -0.4 is 25.0 Å². The Morgan fingerprint density at radius 2 is 1.33 bits per heavy atom. The Labute approximate surface area is 364 Å². The largest absolute Gasteiger partial charge is 0.480 e. The normalized spacial score (nSPS) is 19.2. The molecule has 2 aliphatic rings. The van der Waals surface area contributed by atoms with Gasteiger partial charge in [0.15, 0.2) is 12.4 Å². The van der Waals surface area contributed by atoms with E-state index < -0.39 is 30.3 Å². The van der Waals surface area contributed by atoms with Gasteiger partial charge in [-0.25, -0.2) is 9.59 Å². The van der Waals surface area contributed by atoms with Crippen molar-refractivity contribution in [2.75, 3.05) is 61.1 Å². The molecular formula is C45H53N6O8S2+. The van der Waals surface area contributed by atoms with Gasteiger partial charge in [-0.3, -0.25) is 14.6 Å². The molecule has 2 saturated heterocycles. The third kappa shape index (κ3) is 14.8. The Morgan fingerprint density at radius 3 is 1.89 bits per heavy atom. The highest BCUT2D eigenvalue weighted by Gasteiger charge is 2.37. The number of β-amino-alcohol motifs (C(OH)–C–C–N with tert-alkyl or cyclic N) is 2. The van der Waals surface area contributed by atoms with Gasteiger partial charge < -0.3 is 40.5 Å². The SMILES string of the molecule is C=CC(/C=C/c1ccc(N2CC(O)CC2C(=O)O)cc1)=C\C=N\CC(=O)NCCSSCCNC(=O)C[n+]1ccc(/C=C/c2ccc(N3CC(O)CC3C(=O)OC)cc2)cc1. The number of aliphatic carboxylic acids is 1. The molecule has 0 aliphatic carbocycles. The molecule has 5 rings (SSSR count). The zero-order chi connectivity index (χ0) is 43.6. The third-order valence-electron chi connectivity index (χ3n) is 9.89. The van der Waals surface area contributed by atoms with Crippen LogP contribution in [0.25, 0.3) is 18.2 Å². The number of amides is 2. The van der Waals surface area contributed by atoms with Gasteiger partial charge in [-0.1, -0.05) is 82.8 Å². The molecule has 61 heavy (non-hydrogen) atoms. The molecule has 0 spiro atoms. The lowest BCUT2D eigenvalue weighted by Crippen LogP contribution is -2.42. The summed E-state index contributed by atoms with van der Waals surface area (Å²) in [5.74, 6) is -0.129. The summed E-state index contributed by atoms with van der Waals surface area (Å²) in [6.45, 7) is 5.73. The molecule has 5 N–H and O–H groups in total. The second kappa shape index (κ2) is 23.9. The summed E-state index contributed by atoms with van der Waals surface area (Å²) in [6, 6.07) is 17.8. The standard InChI is InChI=1S/C45H52N6O8S2/c1-3-32(4-5-33-8-12-36(13-9-33)50-29-38(52)26-40(50)44(56)57)16-19-46-28-42(54)47-20-24-60-61-25-21-48-43(55)31-49-22-17-35(18-23-49)7-6-34-10-14-37(15-11-34)51-30-39(53)27-41(51)45(58)59-2/h3-19,22-23,38-41,52-53H,1,20-21,24-31H2,2H3,(H2-,47,48,54,55,56,57)/p+1/b5-4+,32-16+,46-19+. The third-order valence-corrected chi connectivity index (χ3v) is 12.3. The van der Waals surface area contributed by atoms with Gasteiger partial charge in [0.2, 0.25) is 12.5 Å². The number of aliphatic hydroxyl groups is 2. The van der Waals surface area contributed by atoms with Crippen molar-refractivity contribution in [2.24, 2.45) is 4.99 Å². The Bertz CT molecular complexity index is 2080. The number of hydrogen-bond donors (Lipinski definition) is 5. The number of anilines is 2. The van der Waals surface area contributed by atoms with Gasteiger partial charge in [0, 0.05) is 80.2 Å². The first kappa shape index (κ1) is 46.4. The van der Waals surface area contributed by atoms with E-state index in [1.54, 1.807) is 44.9 Å². The predicted molar refractivity (Wildman–Crippen MR) is 243 cm³/mol. The number of allylic oxidation sites excluding steroid dienone is 4. The van der Waals surface area contributed by atoms with Crippen LogP contribution in [0, 0.1) is 0 Å². The highest BCUT2D eigenvalue weighted by Crippen LogP contribution is 2.28. The average Bonchev–Trinajstić information content (AvgIpc) is 3.86. The fourth-order valence-electron chi connectivity index (χ4n) is 6.74. The van der Waals surface area contributed by atoms with Crippen molar-refractivity contribution in [3.8, 4) is 0 Å². The van der Waals surface area contributed by atoms with Crippen LogP contribution in [-0.4, -0.2) is 121 Å². The second-order valence-corrected chi connectivity index (χ2v) is 17.0. The highest BCUT2D eigenvalue weighted by molar-refractivity contribution is 8.76. The monoisotopic (exact) mass is 869 g/mol. The minimum atomic E-state index is -0.950. The number of carbonyl (C=O) groups excluding carboxylic acids is 3. The van der Waals surface area contributed by atoms with Crippen molar-refractivity contribution in [1.82, 2.24) is 10.6 Å². The van der Waals surface area contributed by atoms with Crippen molar-refractivity contribution in [2.45, 2.75) is 43.7 Å². The Hall–Kier alpha value is -5.68. The van der Waals surface area contributed by atoms with Crippen LogP contribution in [0.4, 0.5) is 11.4 Å². The van der Waals surface area contributed by atoms with Gasteiger partial charge in [-0.15, -0.1) is 0 Å². The van der Waals surface area contributed by atoms with Crippen LogP contribution in [0.5, 0.6) is 0 Å². The molecule has 2 fully saturated rings. The van der Waals surface area contributed by atoms with E-state index in [-0.39, 0.29) is 43.8 Å². The molecule has 0 saturated carbocycles. The number of carboxylic acid groups (broad SMARTS) is 1. The van der Waals surface area contributed by atoms with Gasteiger partial charge in [-0.05, 0) is 52.6 Å². The molecule has 14 nitrogen and oxygen atoms in total. The summed E-state index contributed by atoms with van der Waals surface area (Å²) in [5, 5.41) is 35.3. The molecule has 2 aromatic carbocycles. The lowest BCUT2D eigenvalue weighted by molar-refractivity contribution is -0.684. The lowest BCUT2D eigenvalue weighted by atomic mass is 10.1. The molecular weight excluding hydrogens is 817 g/mol. The minimum absolute atomic E-state index is 0.000943. The van der Waals surface area contributed by atoms with Gasteiger partial charge in [0.05, 0.1) is 19.3 Å². The fraction of sp³-hybridized carbons (Fsp3) is 0.333. The summed E-state index contributed by atoms with van der Waals surface area (Å²) >= 11 is 0. The predicted octanol–water partition coefficient (Wildman–Crippen LogP) is 3.79. The van der Waals surface area contributed by atoms with Crippen LogP contribution in [0.3, 0.4) is 0 Å². The van der Waals surface area contributed by atoms with E-state index in [0.29, 0.717) is 31.8 Å². The molecule has 4 unspecified atom stereocenters. The van der Waals surface area contributed by atoms with Crippen molar-refractivity contribution < 1.29 is 43.8 Å². The number of benzene rings is 2. The number of pyridine rings is 1. The minimum Gasteiger partial charge on any atom is -0.480 e. The smallest absolute Gasteiger partial charge is 0.328 e. The first-order chi connectivity index (χ1) is 29.5. The van der Waals surface area contributed by atoms with E-state index in [2.05, 4.69) is 22.2 Å².